The summed E-state index contributed by atoms with van der Waals surface area (Å²) >= 11 is 6.07. The van der Waals surface area contributed by atoms with Crippen molar-refractivity contribution in [3.63, 3.8) is 0 Å². The van der Waals surface area contributed by atoms with Crippen LogP contribution in [0.4, 0.5) is 5.69 Å². The van der Waals surface area contributed by atoms with Crippen LogP contribution in [0.15, 0.2) is 17.0 Å². The lowest BCUT2D eigenvalue weighted by molar-refractivity contribution is 0.248. The third kappa shape index (κ3) is 2.48. The number of sulfonamides is 1. The van der Waals surface area contributed by atoms with Crippen molar-refractivity contribution in [3.8, 4) is 0 Å². The standard InChI is InChI=1S/C12H17ClN2O2S/c1-8-6-9(14)7-10(11(8)13)18(16,17)15-12(2)4-3-5-12/h6-7,15H,3-5,14H2,1-2H3. The predicted octanol–water partition coefficient (Wildman–Crippen LogP) is 2.45. The van der Waals surface area contributed by atoms with Gasteiger partial charge in [-0.1, -0.05) is 11.6 Å². The topological polar surface area (TPSA) is 72.2 Å². The maximum atomic E-state index is 12.3. The van der Waals surface area contributed by atoms with E-state index < -0.39 is 10.0 Å². The summed E-state index contributed by atoms with van der Waals surface area (Å²) in [4.78, 5) is 0.0646. The Bertz CT molecular complexity index is 580. The van der Waals surface area contributed by atoms with Crippen LogP contribution in [0, 0.1) is 6.92 Å². The van der Waals surface area contributed by atoms with Crippen LogP contribution in [0.3, 0.4) is 0 Å². The van der Waals surface area contributed by atoms with Gasteiger partial charge in [-0.05, 0) is 50.8 Å². The van der Waals surface area contributed by atoms with Crippen LogP contribution < -0.4 is 10.5 Å². The number of hydrogen-bond acceptors (Lipinski definition) is 3. The van der Waals surface area contributed by atoms with Gasteiger partial charge in [0.05, 0.1) is 5.02 Å². The molecule has 1 aliphatic rings. The Hall–Kier alpha value is -0.780. The van der Waals surface area contributed by atoms with Crippen LogP contribution in [0.5, 0.6) is 0 Å². The maximum absolute atomic E-state index is 12.3. The minimum Gasteiger partial charge on any atom is -0.399 e. The number of benzene rings is 1. The zero-order chi connectivity index (χ0) is 13.6. The third-order valence-electron chi connectivity index (χ3n) is 3.37. The molecule has 2 rings (SSSR count). The lowest BCUT2D eigenvalue weighted by Gasteiger charge is -2.38. The van der Waals surface area contributed by atoms with E-state index in [4.69, 9.17) is 17.3 Å². The second-order valence-corrected chi connectivity index (χ2v) is 7.20. The molecule has 1 aliphatic carbocycles. The average molecular weight is 289 g/mol. The Morgan fingerprint density at radius 2 is 2.00 bits per heavy atom. The Labute approximate surface area is 113 Å². The molecule has 4 nitrogen and oxygen atoms in total. The van der Waals surface area contributed by atoms with Crippen molar-refractivity contribution >= 4 is 27.3 Å². The molecule has 0 unspecified atom stereocenters. The molecule has 0 amide bonds. The summed E-state index contributed by atoms with van der Waals surface area (Å²) in [5.74, 6) is 0. The number of hydrogen-bond donors (Lipinski definition) is 2. The summed E-state index contributed by atoms with van der Waals surface area (Å²) in [6.45, 7) is 3.64. The van der Waals surface area contributed by atoms with Gasteiger partial charge < -0.3 is 5.73 Å². The molecular weight excluding hydrogens is 272 g/mol. The molecule has 1 saturated carbocycles. The van der Waals surface area contributed by atoms with E-state index in [1.807, 2.05) is 6.92 Å². The summed E-state index contributed by atoms with van der Waals surface area (Å²) in [7, 11) is -3.62. The van der Waals surface area contributed by atoms with E-state index in [-0.39, 0.29) is 15.5 Å². The largest absolute Gasteiger partial charge is 0.399 e. The fraction of sp³-hybridized carbons (Fsp3) is 0.500. The molecule has 0 atom stereocenters. The Morgan fingerprint density at radius 3 is 2.50 bits per heavy atom. The highest BCUT2D eigenvalue weighted by atomic mass is 35.5. The summed E-state index contributed by atoms with van der Waals surface area (Å²) in [5.41, 5.74) is 6.40. The highest BCUT2D eigenvalue weighted by Crippen LogP contribution is 2.34. The fourth-order valence-corrected chi connectivity index (χ4v) is 4.21. The van der Waals surface area contributed by atoms with Gasteiger partial charge in [-0.15, -0.1) is 0 Å². The van der Waals surface area contributed by atoms with E-state index in [0.717, 1.165) is 19.3 Å². The van der Waals surface area contributed by atoms with Gasteiger partial charge in [0.1, 0.15) is 4.90 Å². The second-order valence-electron chi connectivity index (χ2n) is 5.17. The first-order valence-corrected chi connectivity index (χ1v) is 7.69. The molecule has 0 aliphatic heterocycles. The van der Waals surface area contributed by atoms with Crippen molar-refractivity contribution in [2.45, 2.75) is 43.5 Å². The van der Waals surface area contributed by atoms with E-state index in [2.05, 4.69) is 4.72 Å². The highest BCUT2D eigenvalue weighted by molar-refractivity contribution is 7.89. The first-order valence-electron chi connectivity index (χ1n) is 5.83. The molecule has 0 aromatic heterocycles. The monoisotopic (exact) mass is 288 g/mol. The van der Waals surface area contributed by atoms with Crippen molar-refractivity contribution in [1.29, 1.82) is 0 Å². The van der Waals surface area contributed by atoms with Gasteiger partial charge in [0.15, 0.2) is 0 Å². The van der Waals surface area contributed by atoms with Crippen molar-refractivity contribution in [2.75, 3.05) is 5.73 Å². The molecule has 3 N–H and O–H groups in total. The zero-order valence-electron chi connectivity index (χ0n) is 10.5. The molecular formula is C12H17ClN2O2S. The van der Waals surface area contributed by atoms with Crippen molar-refractivity contribution in [3.05, 3.63) is 22.7 Å². The Morgan fingerprint density at radius 1 is 1.39 bits per heavy atom. The first-order chi connectivity index (χ1) is 8.23. The van der Waals surface area contributed by atoms with Crippen LogP contribution in [-0.2, 0) is 10.0 Å². The molecule has 0 bridgehead atoms. The van der Waals surface area contributed by atoms with E-state index in [1.54, 1.807) is 13.0 Å². The maximum Gasteiger partial charge on any atom is 0.242 e. The molecule has 6 heteroatoms. The number of anilines is 1. The Kier molecular flexibility index (Phi) is 3.34. The summed E-state index contributed by atoms with van der Waals surface area (Å²) < 4.78 is 27.3. The van der Waals surface area contributed by atoms with Crippen molar-refractivity contribution < 1.29 is 8.42 Å². The van der Waals surface area contributed by atoms with Gasteiger partial charge in [0, 0.05) is 11.2 Å². The van der Waals surface area contributed by atoms with E-state index in [9.17, 15) is 8.42 Å². The number of nitrogens with one attached hydrogen (secondary N) is 1. The lowest BCUT2D eigenvalue weighted by Crippen LogP contribution is -2.50. The fourth-order valence-electron chi connectivity index (χ4n) is 2.15. The number of nitrogens with two attached hydrogens (primary N) is 1. The van der Waals surface area contributed by atoms with E-state index in [0.29, 0.717) is 11.3 Å². The van der Waals surface area contributed by atoms with Gasteiger partial charge in [-0.2, -0.15) is 0 Å². The van der Waals surface area contributed by atoms with Crippen molar-refractivity contribution in [1.82, 2.24) is 4.72 Å². The highest BCUT2D eigenvalue weighted by Gasteiger charge is 2.37. The minimum absolute atomic E-state index is 0.0646. The number of nitrogen functional groups attached to an aromatic ring is 1. The molecule has 0 radical (unpaired) electrons. The van der Waals surface area contributed by atoms with E-state index in [1.165, 1.54) is 6.07 Å². The first kappa shape index (κ1) is 13.6. The number of rotatable bonds is 3. The smallest absolute Gasteiger partial charge is 0.242 e. The van der Waals surface area contributed by atoms with Crippen LogP contribution in [-0.4, -0.2) is 14.0 Å². The summed E-state index contributed by atoms with van der Waals surface area (Å²) in [6.07, 6.45) is 2.75. The van der Waals surface area contributed by atoms with Crippen LogP contribution >= 0.6 is 11.6 Å². The molecule has 0 heterocycles. The molecule has 18 heavy (non-hydrogen) atoms. The Balaban J connectivity index is 2.41. The van der Waals surface area contributed by atoms with Crippen molar-refractivity contribution in [2.24, 2.45) is 0 Å². The van der Waals surface area contributed by atoms with Gasteiger partial charge in [0.2, 0.25) is 10.0 Å². The summed E-state index contributed by atoms with van der Waals surface area (Å²) in [6, 6.07) is 3.06. The SMILES string of the molecule is Cc1cc(N)cc(S(=O)(=O)NC2(C)CCC2)c1Cl. The quantitative estimate of drug-likeness (QED) is 0.839. The molecule has 1 fully saturated rings. The molecule has 0 saturated heterocycles. The second kappa shape index (κ2) is 4.40. The number of aryl methyl sites for hydroxylation is 1. The van der Waals surface area contributed by atoms with Gasteiger partial charge in [0.25, 0.3) is 0 Å². The zero-order valence-corrected chi connectivity index (χ0v) is 12.0. The van der Waals surface area contributed by atoms with Gasteiger partial charge in [-0.3, -0.25) is 0 Å². The molecule has 100 valence electrons. The number of halogens is 1. The van der Waals surface area contributed by atoms with Crippen LogP contribution in [0.25, 0.3) is 0 Å². The predicted molar refractivity (Wildman–Crippen MR) is 73.2 cm³/mol. The van der Waals surface area contributed by atoms with Crippen LogP contribution in [0.1, 0.15) is 31.7 Å². The lowest BCUT2D eigenvalue weighted by atomic mass is 9.80. The van der Waals surface area contributed by atoms with Gasteiger partial charge in [-0.25, -0.2) is 13.1 Å². The normalized spacial score (nSPS) is 18.4. The third-order valence-corrected chi connectivity index (χ3v) is 5.65. The van der Waals surface area contributed by atoms with Crippen LogP contribution in [0.2, 0.25) is 5.02 Å². The molecule has 0 spiro atoms. The summed E-state index contributed by atoms with van der Waals surface area (Å²) in [5, 5.41) is 0.236. The molecule has 1 aromatic carbocycles. The van der Waals surface area contributed by atoms with Gasteiger partial charge >= 0.3 is 0 Å². The average Bonchev–Trinajstić information content (AvgIpc) is 2.20. The molecule has 1 aromatic rings. The minimum atomic E-state index is -3.62. The van der Waals surface area contributed by atoms with E-state index >= 15 is 0 Å².